The minimum Gasteiger partial charge on any atom is -0.393 e. The third-order valence-corrected chi connectivity index (χ3v) is 15.2. The SMILES string of the molecule is CC1(C)CC[C@]2(C(=O)NCCN3CCCCC3)CC[C@]3(C)C(=CC[C@@H]4[C@@]5(C)CC[C@H](O)C(C)(C)[C@@H]5CC[C@]43C)[C@@H]2C1. The summed E-state index contributed by atoms with van der Waals surface area (Å²) in [6.45, 7) is 21.7. The van der Waals surface area contributed by atoms with Crippen molar-refractivity contribution in [2.45, 2.75) is 138 Å². The van der Waals surface area contributed by atoms with Crippen LogP contribution in [0.25, 0.3) is 0 Å². The summed E-state index contributed by atoms with van der Waals surface area (Å²) in [5, 5.41) is 14.5. The van der Waals surface area contributed by atoms with Crippen LogP contribution in [0.5, 0.6) is 0 Å². The maximum Gasteiger partial charge on any atom is 0.226 e. The molecule has 6 aliphatic rings. The summed E-state index contributed by atoms with van der Waals surface area (Å²) in [4.78, 5) is 16.9. The van der Waals surface area contributed by atoms with Crippen LogP contribution in [0.15, 0.2) is 11.6 Å². The van der Waals surface area contributed by atoms with Crippen molar-refractivity contribution < 1.29 is 9.90 Å². The largest absolute Gasteiger partial charge is 0.393 e. The molecule has 1 heterocycles. The van der Waals surface area contributed by atoms with E-state index in [0.717, 1.165) is 64.5 Å². The Bertz CT molecular complexity index is 1060. The molecule has 41 heavy (non-hydrogen) atoms. The fourth-order valence-electron chi connectivity index (χ4n) is 12.3. The first-order valence-corrected chi connectivity index (χ1v) is 17.6. The molecule has 4 nitrogen and oxygen atoms in total. The average Bonchev–Trinajstić information content (AvgIpc) is 2.91. The Labute approximate surface area is 251 Å². The lowest BCUT2D eigenvalue weighted by Gasteiger charge is -2.71. The van der Waals surface area contributed by atoms with Crippen LogP contribution in [0.4, 0.5) is 0 Å². The lowest BCUT2D eigenvalue weighted by molar-refractivity contribution is -0.203. The summed E-state index contributed by atoms with van der Waals surface area (Å²) in [7, 11) is 0. The fraction of sp³-hybridized carbons (Fsp3) is 0.919. The van der Waals surface area contributed by atoms with Crippen molar-refractivity contribution in [2.75, 3.05) is 26.2 Å². The summed E-state index contributed by atoms with van der Waals surface area (Å²) >= 11 is 0. The van der Waals surface area contributed by atoms with Crippen LogP contribution in [0, 0.1) is 50.2 Å². The molecule has 4 saturated carbocycles. The van der Waals surface area contributed by atoms with Gasteiger partial charge in [-0.1, -0.05) is 66.5 Å². The van der Waals surface area contributed by atoms with Crippen molar-refractivity contribution in [3.8, 4) is 0 Å². The highest BCUT2D eigenvalue weighted by Crippen LogP contribution is 2.75. The van der Waals surface area contributed by atoms with Crippen molar-refractivity contribution in [2.24, 2.45) is 50.2 Å². The van der Waals surface area contributed by atoms with Gasteiger partial charge in [0.1, 0.15) is 0 Å². The topological polar surface area (TPSA) is 52.6 Å². The molecule has 0 aromatic rings. The predicted molar refractivity (Wildman–Crippen MR) is 168 cm³/mol. The van der Waals surface area contributed by atoms with Crippen molar-refractivity contribution in [3.63, 3.8) is 0 Å². The van der Waals surface area contributed by atoms with Gasteiger partial charge in [-0.05, 0) is 135 Å². The first-order valence-electron chi connectivity index (χ1n) is 17.6. The number of nitrogens with one attached hydrogen (secondary N) is 1. The van der Waals surface area contributed by atoms with Gasteiger partial charge in [0.15, 0.2) is 0 Å². The van der Waals surface area contributed by atoms with E-state index in [1.165, 1.54) is 45.2 Å². The molecule has 0 aromatic heterocycles. The van der Waals surface area contributed by atoms with E-state index >= 15 is 0 Å². The quantitative estimate of drug-likeness (QED) is 0.342. The number of carbonyl (C=O) groups excluding carboxylic acids is 1. The van der Waals surface area contributed by atoms with Crippen LogP contribution in [0.1, 0.15) is 132 Å². The highest BCUT2D eigenvalue weighted by molar-refractivity contribution is 5.84. The predicted octanol–water partition coefficient (Wildman–Crippen LogP) is 7.75. The Kier molecular flexibility index (Phi) is 7.42. The number of nitrogens with zero attached hydrogens (tertiary/aromatic N) is 1. The van der Waals surface area contributed by atoms with Crippen LogP contribution < -0.4 is 5.32 Å². The van der Waals surface area contributed by atoms with Gasteiger partial charge in [0.2, 0.25) is 5.91 Å². The second-order valence-corrected chi connectivity index (χ2v) is 17.9. The molecule has 0 aromatic carbocycles. The number of allylic oxidation sites excluding steroid dienone is 2. The van der Waals surface area contributed by atoms with Gasteiger partial charge in [-0.2, -0.15) is 0 Å². The number of carbonyl (C=O) groups is 1. The van der Waals surface area contributed by atoms with Gasteiger partial charge >= 0.3 is 0 Å². The first-order chi connectivity index (χ1) is 19.2. The molecule has 0 radical (unpaired) electrons. The highest BCUT2D eigenvalue weighted by Gasteiger charge is 2.69. The molecule has 0 spiro atoms. The molecule has 5 fully saturated rings. The van der Waals surface area contributed by atoms with Crippen molar-refractivity contribution >= 4 is 5.91 Å². The van der Waals surface area contributed by atoms with Gasteiger partial charge in [0.05, 0.1) is 11.5 Å². The summed E-state index contributed by atoms with van der Waals surface area (Å²) < 4.78 is 0. The Morgan fingerprint density at radius 3 is 2.34 bits per heavy atom. The second-order valence-electron chi connectivity index (χ2n) is 17.9. The van der Waals surface area contributed by atoms with E-state index in [0.29, 0.717) is 23.7 Å². The van der Waals surface area contributed by atoms with Gasteiger partial charge in [-0.3, -0.25) is 4.79 Å². The normalized spacial score (nSPS) is 47.2. The molecular formula is C37H62N2O2. The van der Waals surface area contributed by atoms with Crippen LogP contribution >= 0.6 is 0 Å². The Morgan fingerprint density at radius 1 is 0.902 bits per heavy atom. The van der Waals surface area contributed by atoms with Crippen LogP contribution in [0.3, 0.4) is 0 Å². The zero-order valence-electron chi connectivity index (χ0n) is 27.7. The summed E-state index contributed by atoms with van der Waals surface area (Å²) in [6.07, 6.45) is 17.8. The number of amides is 1. The summed E-state index contributed by atoms with van der Waals surface area (Å²) in [6, 6.07) is 0. The van der Waals surface area contributed by atoms with E-state index in [-0.39, 0.29) is 38.6 Å². The molecule has 232 valence electrons. The fourth-order valence-corrected chi connectivity index (χ4v) is 12.3. The van der Waals surface area contributed by atoms with E-state index in [2.05, 4.69) is 64.8 Å². The third kappa shape index (κ3) is 4.45. The molecular weight excluding hydrogens is 504 g/mol. The number of aliphatic hydroxyl groups excluding tert-OH is 1. The maximum absolute atomic E-state index is 14.3. The molecule has 8 atom stereocenters. The number of fused-ring (bicyclic) bond motifs is 7. The highest BCUT2D eigenvalue weighted by atomic mass is 16.3. The van der Waals surface area contributed by atoms with Gasteiger partial charge in [0, 0.05) is 13.1 Å². The van der Waals surface area contributed by atoms with Gasteiger partial charge in [-0.15, -0.1) is 0 Å². The van der Waals surface area contributed by atoms with Crippen LogP contribution in [-0.4, -0.2) is 48.2 Å². The molecule has 4 heteroatoms. The maximum atomic E-state index is 14.3. The first kappa shape index (κ1) is 30.2. The average molecular weight is 567 g/mol. The summed E-state index contributed by atoms with van der Waals surface area (Å²) in [5.41, 5.74) is 2.38. The number of likely N-dealkylation sites (tertiary alicyclic amines) is 1. The Morgan fingerprint density at radius 2 is 1.61 bits per heavy atom. The molecule has 1 saturated heterocycles. The van der Waals surface area contributed by atoms with E-state index in [1.807, 2.05) is 0 Å². The van der Waals surface area contributed by atoms with Crippen molar-refractivity contribution in [1.82, 2.24) is 10.2 Å². The van der Waals surface area contributed by atoms with Crippen molar-refractivity contribution in [3.05, 3.63) is 11.6 Å². The zero-order chi connectivity index (χ0) is 29.5. The van der Waals surface area contributed by atoms with E-state index in [4.69, 9.17) is 0 Å². The Hall–Kier alpha value is -0.870. The van der Waals surface area contributed by atoms with Gasteiger partial charge in [0.25, 0.3) is 0 Å². The molecule has 0 unspecified atom stereocenters. The molecule has 6 rings (SSSR count). The monoisotopic (exact) mass is 566 g/mol. The molecule has 2 N–H and O–H groups in total. The van der Waals surface area contributed by atoms with Crippen LogP contribution in [0.2, 0.25) is 0 Å². The number of aliphatic hydroxyl groups is 1. The molecule has 1 aliphatic heterocycles. The van der Waals surface area contributed by atoms with E-state index < -0.39 is 0 Å². The van der Waals surface area contributed by atoms with Gasteiger partial charge in [-0.25, -0.2) is 0 Å². The van der Waals surface area contributed by atoms with Gasteiger partial charge < -0.3 is 15.3 Å². The molecule has 0 bridgehead atoms. The zero-order valence-corrected chi connectivity index (χ0v) is 27.7. The smallest absolute Gasteiger partial charge is 0.226 e. The second kappa shape index (κ2) is 10.1. The standard InChI is InChI=1S/C37H62N2O2/c1-32(2)17-19-37(31(41)38-21-24-39-22-9-8-10-23-39)20-18-35(6)26(27(37)25-32)11-12-29-34(5)15-14-30(40)33(3,4)28(34)13-16-36(29,35)7/h11,27-30,40H,8-10,12-25H2,1-7H3,(H,38,41)/t27-,28-,29+,30-,34-,35+,36+,37-/m0/s1. The minimum atomic E-state index is -0.232. The lowest BCUT2D eigenvalue weighted by atomic mass is 9.33. The lowest BCUT2D eigenvalue weighted by Crippen LogP contribution is -2.65. The third-order valence-electron chi connectivity index (χ3n) is 15.2. The molecule has 5 aliphatic carbocycles. The number of hydrogen-bond donors (Lipinski definition) is 2. The van der Waals surface area contributed by atoms with Crippen LogP contribution in [-0.2, 0) is 4.79 Å². The van der Waals surface area contributed by atoms with Crippen molar-refractivity contribution in [1.29, 1.82) is 0 Å². The van der Waals surface area contributed by atoms with E-state index in [9.17, 15) is 9.90 Å². The minimum absolute atomic E-state index is 0.0133. The van der Waals surface area contributed by atoms with E-state index in [1.54, 1.807) is 5.57 Å². The summed E-state index contributed by atoms with van der Waals surface area (Å²) in [5.74, 6) is 1.96. The molecule has 1 amide bonds. The number of hydrogen-bond acceptors (Lipinski definition) is 3. The Balaban J connectivity index is 1.30. The number of rotatable bonds is 4. The number of piperidine rings is 1.